The maximum atomic E-state index is 6.26. The van der Waals surface area contributed by atoms with E-state index in [9.17, 15) is 0 Å². The Labute approximate surface area is 281 Å². The smallest absolute Gasteiger partial charge is 0.227 e. The number of aromatic nitrogens is 4. The van der Waals surface area contributed by atoms with Gasteiger partial charge in [0.15, 0.2) is 11.2 Å². The van der Waals surface area contributed by atoms with Crippen LogP contribution in [0, 0.1) is 0 Å². The summed E-state index contributed by atoms with van der Waals surface area (Å²) < 4.78 is 17.4. The lowest BCUT2D eigenvalue weighted by Crippen LogP contribution is -1.82. The van der Waals surface area contributed by atoms with Gasteiger partial charge in [-0.05, 0) is 60.7 Å². The third-order valence-corrected chi connectivity index (χ3v) is 10.8. The molecular formula is C44H22N4O2. The summed E-state index contributed by atoms with van der Waals surface area (Å²) in [6.07, 6.45) is 0. The lowest BCUT2D eigenvalue weighted by Gasteiger charge is -2.03. The molecule has 0 amide bonds. The molecule has 6 heterocycles. The molecule has 0 saturated heterocycles. The highest BCUT2D eigenvalue weighted by Crippen LogP contribution is 2.52. The number of hydrogen-bond donors (Lipinski definition) is 0. The zero-order valence-electron chi connectivity index (χ0n) is 26.3. The van der Waals surface area contributed by atoms with Crippen molar-refractivity contribution in [2.24, 2.45) is 0 Å². The van der Waals surface area contributed by atoms with E-state index < -0.39 is 0 Å². The second-order valence-electron chi connectivity index (χ2n) is 13.3. The molecule has 0 radical (unpaired) electrons. The van der Waals surface area contributed by atoms with Gasteiger partial charge < -0.3 is 17.6 Å². The van der Waals surface area contributed by atoms with E-state index in [0.29, 0.717) is 11.8 Å². The van der Waals surface area contributed by atoms with E-state index in [1.54, 1.807) is 0 Å². The Morgan fingerprint density at radius 2 is 0.780 bits per heavy atom. The van der Waals surface area contributed by atoms with Crippen LogP contribution in [0.25, 0.3) is 121 Å². The Morgan fingerprint density at radius 3 is 1.24 bits per heavy atom. The third kappa shape index (κ3) is 2.89. The highest BCUT2D eigenvalue weighted by atomic mass is 16.4. The standard InChI is InChI=1S/C44H22N4O2/c1-5-13-31-25(9-1)37-39-27-19-17-24(44-46-30-12-4-8-16-36(30)50-44)22-34(27)48-32-14-6-2-10-26(32)38(42(39)48)40-28-20-18-23(21-33(28)47(31)41(37)40)43-45-29-11-3-7-15-35(29)49-43/h1-22H. The van der Waals surface area contributed by atoms with E-state index in [1.807, 2.05) is 48.5 Å². The molecule has 0 spiro atoms. The van der Waals surface area contributed by atoms with Gasteiger partial charge in [0.25, 0.3) is 0 Å². The maximum Gasteiger partial charge on any atom is 0.227 e. The number of para-hydroxylation sites is 6. The molecule has 0 saturated carbocycles. The average Bonchev–Trinajstić information content (AvgIpc) is 4.00. The Kier molecular flexibility index (Phi) is 4.30. The van der Waals surface area contributed by atoms with E-state index >= 15 is 0 Å². The van der Waals surface area contributed by atoms with Crippen molar-refractivity contribution in [3.8, 4) is 22.9 Å². The number of benzene rings is 7. The number of rotatable bonds is 2. The summed E-state index contributed by atoms with van der Waals surface area (Å²) in [4.78, 5) is 9.70. The van der Waals surface area contributed by atoms with Crippen molar-refractivity contribution in [1.29, 1.82) is 0 Å². The first-order valence-electron chi connectivity index (χ1n) is 16.8. The molecule has 0 unspecified atom stereocenters. The van der Waals surface area contributed by atoms with Gasteiger partial charge in [0.05, 0.1) is 33.1 Å². The molecule has 7 aromatic carbocycles. The quantitative estimate of drug-likeness (QED) is 0.189. The minimum absolute atomic E-state index is 0.630. The van der Waals surface area contributed by atoms with Gasteiger partial charge >= 0.3 is 0 Å². The first kappa shape index (κ1) is 25.1. The summed E-state index contributed by atoms with van der Waals surface area (Å²) in [5.41, 5.74) is 12.4. The molecule has 13 aromatic rings. The molecule has 0 aliphatic rings. The monoisotopic (exact) mass is 638 g/mol. The fraction of sp³-hybridized carbons (Fsp3) is 0. The van der Waals surface area contributed by atoms with Gasteiger partial charge in [-0.2, -0.15) is 0 Å². The Balaban J connectivity index is 1.22. The molecule has 0 aliphatic carbocycles. The molecule has 0 bridgehead atoms. The summed E-state index contributed by atoms with van der Waals surface area (Å²) in [6.45, 7) is 0. The van der Waals surface area contributed by atoms with Crippen LogP contribution in [-0.2, 0) is 0 Å². The van der Waals surface area contributed by atoms with Gasteiger partial charge in [-0.15, -0.1) is 0 Å². The number of nitrogens with zero attached hydrogens (tertiary/aromatic N) is 4. The van der Waals surface area contributed by atoms with Crippen LogP contribution < -0.4 is 0 Å². The van der Waals surface area contributed by atoms with Gasteiger partial charge in [-0.1, -0.05) is 72.8 Å². The first-order valence-corrected chi connectivity index (χ1v) is 16.8. The molecule has 50 heavy (non-hydrogen) atoms. The average molecular weight is 639 g/mol. The van der Waals surface area contributed by atoms with Gasteiger partial charge in [-0.25, -0.2) is 9.97 Å². The SMILES string of the molecule is c1ccc2oc(-c3ccc4c5c6c7ccccc7n7c8cc(-c9nc%10ccccc%10o9)ccc8c(c8c9ccccc9n(c4c3)c85)c67)nc2c1. The highest BCUT2D eigenvalue weighted by Gasteiger charge is 2.29. The minimum atomic E-state index is 0.630. The molecule has 0 atom stereocenters. The van der Waals surface area contributed by atoms with Crippen molar-refractivity contribution in [2.75, 3.05) is 0 Å². The van der Waals surface area contributed by atoms with Crippen LogP contribution in [0.4, 0.5) is 0 Å². The van der Waals surface area contributed by atoms with Crippen molar-refractivity contribution in [1.82, 2.24) is 18.8 Å². The van der Waals surface area contributed by atoms with Crippen molar-refractivity contribution >= 4 is 98.4 Å². The Hall–Kier alpha value is -6.92. The summed E-state index contributed by atoms with van der Waals surface area (Å²) in [5, 5.41) is 10.0. The topological polar surface area (TPSA) is 60.9 Å². The van der Waals surface area contributed by atoms with Gasteiger partial charge in [0, 0.05) is 54.2 Å². The van der Waals surface area contributed by atoms with Crippen molar-refractivity contribution < 1.29 is 8.83 Å². The summed E-state index contributed by atoms with van der Waals surface area (Å²) >= 11 is 0. The van der Waals surface area contributed by atoms with Gasteiger partial charge in [-0.3, -0.25) is 0 Å². The fourth-order valence-electron chi connectivity index (χ4n) is 8.83. The largest absolute Gasteiger partial charge is 0.436 e. The third-order valence-electron chi connectivity index (χ3n) is 10.8. The predicted octanol–water partition coefficient (Wildman–Crippen LogP) is 11.6. The fourth-order valence-corrected chi connectivity index (χ4v) is 8.83. The van der Waals surface area contributed by atoms with Crippen LogP contribution in [0.15, 0.2) is 142 Å². The van der Waals surface area contributed by atoms with Gasteiger partial charge in [0.1, 0.15) is 11.0 Å². The van der Waals surface area contributed by atoms with Crippen LogP contribution >= 0.6 is 0 Å². The van der Waals surface area contributed by atoms with Crippen LogP contribution in [0.5, 0.6) is 0 Å². The maximum absolute atomic E-state index is 6.26. The Morgan fingerprint density at radius 1 is 0.380 bits per heavy atom. The number of hydrogen-bond acceptors (Lipinski definition) is 4. The van der Waals surface area contributed by atoms with Crippen LogP contribution in [0.2, 0.25) is 0 Å². The summed E-state index contributed by atoms with van der Waals surface area (Å²) in [5.74, 6) is 1.26. The van der Waals surface area contributed by atoms with E-state index in [4.69, 9.17) is 18.8 Å². The summed E-state index contributed by atoms with van der Waals surface area (Å²) in [6, 6.07) is 46.9. The molecule has 0 fully saturated rings. The predicted molar refractivity (Wildman–Crippen MR) is 202 cm³/mol. The van der Waals surface area contributed by atoms with E-state index in [-0.39, 0.29) is 0 Å². The van der Waals surface area contributed by atoms with Crippen molar-refractivity contribution in [3.63, 3.8) is 0 Å². The molecule has 13 rings (SSSR count). The zero-order chi connectivity index (χ0) is 32.2. The lowest BCUT2D eigenvalue weighted by molar-refractivity contribution is 0.619. The van der Waals surface area contributed by atoms with E-state index in [0.717, 1.165) is 44.4 Å². The molecule has 0 aliphatic heterocycles. The molecule has 0 N–H and O–H groups in total. The second kappa shape index (κ2) is 8.56. The van der Waals surface area contributed by atoms with Crippen molar-refractivity contribution in [2.45, 2.75) is 0 Å². The summed E-state index contributed by atoms with van der Waals surface area (Å²) in [7, 11) is 0. The zero-order valence-corrected chi connectivity index (χ0v) is 26.3. The lowest BCUT2D eigenvalue weighted by atomic mass is 9.97. The molecule has 6 heteroatoms. The van der Waals surface area contributed by atoms with Crippen LogP contribution in [0.1, 0.15) is 0 Å². The normalized spacial score (nSPS) is 12.8. The first-order chi connectivity index (χ1) is 24.8. The minimum Gasteiger partial charge on any atom is -0.436 e. The number of fused-ring (bicyclic) bond motifs is 16. The Bertz CT molecular complexity index is 3260. The molecule has 6 aromatic heterocycles. The van der Waals surface area contributed by atoms with E-state index in [2.05, 4.69) is 93.7 Å². The highest BCUT2D eigenvalue weighted by molar-refractivity contribution is 6.45. The van der Waals surface area contributed by atoms with Crippen LogP contribution in [0.3, 0.4) is 0 Å². The van der Waals surface area contributed by atoms with Crippen molar-refractivity contribution in [3.05, 3.63) is 133 Å². The molecule has 6 nitrogen and oxygen atoms in total. The second-order valence-corrected chi connectivity index (χ2v) is 13.3. The molecular weight excluding hydrogens is 617 g/mol. The van der Waals surface area contributed by atoms with E-state index in [1.165, 1.54) is 65.2 Å². The van der Waals surface area contributed by atoms with Gasteiger partial charge in [0.2, 0.25) is 11.8 Å². The molecule has 230 valence electrons. The van der Waals surface area contributed by atoms with Crippen LogP contribution in [-0.4, -0.2) is 18.8 Å². The number of oxazole rings is 2.